The molecule has 0 bridgehead atoms. The summed E-state index contributed by atoms with van der Waals surface area (Å²) in [6.07, 6.45) is 4.06. The number of rotatable bonds is 3. The monoisotopic (exact) mass is 517 g/mol. The maximum absolute atomic E-state index is 14.8. The topological polar surface area (TPSA) is 65.9 Å². The van der Waals surface area contributed by atoms with Crippen molar-refractivity contribution in [2.24, 2.45) is 0 Å². The molecule has 4 heterocycles. The second-order valence-corrected chi connectivity index (χ2v) is 11.7. The molecule has 9 heteroatoms. The average Bonchev–Trinajstić information content (AvgIpc) is 3.42. The molecule has 0 unspecified atom stereocenters. The van der Waals surface area contributed by atoms with Gasteiger partial charge < -0.3 is 19.6 Å². The molecule has 1 saturated heterocycles. The van der Waals surface area contributed by atoms with Crippen LogP contribution in [0.1, 0.15) is 44.1 Å². The highest BCUT2D eigenvalue weighted by molar-refractivity contribution is 7.19. The van der Waals surface area contributed by atoms with Crippen LogP contribution in [0.4, 0.5) is 14.9 Å². The largest absolute Gasteiger partial charge is 0.444 e. The second-order valence-electron chi connectivity index (χ2n) is 10.2. The summed E-state index contributed by atoms with van der Waals surface area (Å²) in [4.78, 5) is 21.4. The predicted molar refractivity (Wildman–Crippen MR) is 138 cm³/mol. The molecule has 1 N–H and O–H groups in total. The van der Waals surface area contributed by atoms with Crippen LogP contribution >= 0.6 is 22.9 Å². The molecule has 2 aromatic heterocycles. The van der Waals surface area contributed by atoms with Crippen molar-refractivity contribution in [3.8, 4) is 11.1 Å². The first-order valence-electron chi connectivity index (χ1n) is 11.9. The molecule has 6 nitrogen and oxygen atoms in total. The number of aryl methyl sites for hydroxylation is 1. The number of carbonyl (C=O) groups excluding carboxylic acids is 1. The van der Waals surface area contributed by atoms with E-state index in [-0.39, 0.29) is 29.1 Å². The Morgan fingerprint density at radius 3 is 2.86 bits per heavy atom. The summed E-state index contributed by atoms with van der Waals surface area (Å²) in [6.45, 7) is 7.35. The number of benzene rings is 1. The van der Waals surface area contributed by atoms with Crippen molar-refractivity contribution in [3.05, 3.63) is 45.7 Å². The van der Waals surface area contributed by atoms with Crippen LogP contribution in [0.5, 0.6) is 0 Å². The number of halogens is 2. The fourth-order valence-corrected chi connectivity index (χ4v) is 6.38. The molecule has 3 aromatic rings. The lowest BCUT2D eigenvalue weighted by Gasteiger charge is -2.38. The average molecular weight is 518 g/mol. The number of aliphatic hydroxyl groups is 1. The van der Waals surface area contributed by atoms with E-state index in [1.54, 1.807) is 11.1 Å². The van der Waals surface area contributed by atoms with E-state index in [9.17, 15) is 14.3 Å². The Kier molecular flexibility index (Phi) is 6.40. The maximum atomic E-state index is 14.8. The zero-order valence-corrected chi connectivity index (χ0v) is 21.7. The number of anilines is 1. The number of likely N-dealkylation sites (tertiary alicyclic amines) is 1. The van der Waals surface area contributed by atoms with Gasteiger partial charge in [0.05, 0.1) is 16.2 Å². The first-order valence-corrected chi connectivity index (χ1v) is 13.1. The van der Waals surface area contributed by atoms with E-state index in [0.29, 0.717) is 22.8 Å². The van der Waals surface area contributed by atoms with Crippen molar-refractivity contribution in [1.82, 2.24) is 9.88 Å². The predicted octanol–water partition coefficient (Wildman–Crippen LogP) is 6.01. The first-order chi connectivity index (χ1) is 16.7. The minimum Gasteiger partial charge on any atom is -0.444 e. The molecule has 0 radical (unpaired) electrons. The lowest BCUT2D eigenvalue weighted by atomic mass is 9.92. The number of hydrogen-bond acceptors (Lipinski definition) is 6. The van der Waals surface area contributed by atoms with E-state index < -0.39 is 11.4 Å². The Morgan fingerprint density at radius 2 is 2.11 bits per heavy atom. The van der Waals surface area contributed by atoms with E-state index in [2.05, 4.69) is 9.88 Å². The van der Waals surface area contributed by atoms with E-state index in [1.165, 1.54) is 11.3 Å². The Bertz CT molecular complexity index is 1290. The van der Waals surface area contributed by atoms with Gasteiger partial charge in [-0.2, -0.15) is 0 Å². The molecule has 2 aliphatic heterocycles. The highest BCUT2D eigenvalue weighted by Gasteiger charge is 2.36. The van der Waals surface area contributed by atoms with Crippen molar-refractivity contribution in [2.45, 2.75) is 58.3 Å². The minimum atomic E-state index is -0.535. The number of pyridine rings is 1. The Hall–Kier alpha value is -2.42. The number of amides is 1. The lowest BCUT2D eigenvalue weighted by molar-refractivity contribution is 0.0292. The SMILES string of the molecule is CC(C)(C)OC(=O)N1CC[C@@H](N2CCCc3cc(Cl)cc(-c4ccnc5c(F)c(CO)sc45)c32)C1. The van der Waals surface area contributed by atoms with Gasteiger partial charge in [0.1, 0.15) is 11.1 Å². The third kappa shape index (κ3) is 4.59. The highest BCUT2D eigenvalue weighted by Crippen LogP contribution is 2.45. The standard InChI is InChI=1S/C26H29ClFN3O3S/c1-26(2,3)34-25(33)30-10-7-17(13-30)31-9-4-5-15-11-16(27)12-19(23(15)31)18-6-8-29-22-21(28)20(14-32)35-24(18)22/h6,8,11-12,17,32H,4-5,7,9-10,13-14H2,1-3H3/t17-/m1/s1. The summed E-state index contributed by atoms with van der Waals surface area (Å²) in [5, 5.41) is 10.2. The van der Waals surface area contributed by atoms with Gasteiger partial charge in [0.25, 0.3) is 0 Å². The molecule has 1 atom stereocenters. The highest BCUT2D eigenvalue weighted by atomic mass is 35.5. The Morgan fingerprint density at radius 1 is 1.31 bits per heavy atom. The van der Waals surface area contributed by atoms with Gasteiger partial charge in [0.15, 0.2) is 5.82 Å². The number of hydrogen-bond donors (Lipinski definition) is 1. The zero-order valence-electron chi connectivity index (χ0n) is 20.1. The molecular formula is C26H29ClFN3O3S. The third-order valence-electron chi connectivity index (χ3n) is 6.56. The van der Waals surface area contributed by atoms with Crippen molar-refractivity contribution < 1.29 is 19.0 Å². The van der Waals surface area contributed by atoms with Gasteiger partial charge in [-0.25, -0.2) is 9.18 Å². The first kappa shape index (κ1) is 24.3. The third-order valence-corrected chi connectivity index (χ3v) is 7.95. The molecule has 0 aliphatic carbocycles. The van der Waals surface area contributed by atoms with Gasteiger partial charge in [-0.3, -0.25) is 4.98 Å². The molecule has 1 amide bonds. The zero-order chi connectivity index (χ0) is 24.9. The Labute approximate surface area is 213 Å². The van der Waals surface area contributed by atoms with Crippen LogP contribution in [0.25, 0.3) is 21.3 Å². The molecule has 2 aliphatic rings. The van der Waals surface area contributed by atoms with E-state index in [0.717, 1.165) is 48.2 Å². The summed E-state index contributed by atoms with van der Waals surface area (Å²) in [5.74, 6) is -0.467. The van der Waals surface area contributed by atoms with Gasteiger partial charge in [0, 0.05) is 53.7 Å². The number of carbonyl (C=O) groups is 1. The van der Waals surface area contributed by atoms with E-state index in [4.69, 9.17) is 16.3 Å². The number of aliphatic hydroxyl groups excluding tert-OH is 1. The number of ether oxygens (including phenoxy) is 1. The van der Waals surface area contributed by atoms with E-state index >= 15 is 0 Å². The van der Waals surface area contributed by atoms with Crippen LogP contribution in [0.2, 0.25) is 5.02 Å². The molecule has 1 aromatic carbocycles. The number of aromatic nitrogens is 1. The van der Waals surface area contributed by atoms with Crippen LogP contribution in [-0.4, -0.2) is 52.4 Å². The Balaban J connectivity index is 1.55. The van der Waals surface area contributed by atoms with Gasteiger partial charge in [-0.1, -0.05) is 11.6 Å². The molecular weight excluding hydrogens is 489 g/mol. The van der Waals surface area contributed by atoms with Crippen LogP contribution in [0.15, 0.2) is 24.4 Å². The van der Waals surface area contributed by atoms with Crippen LogP contribution in [0, 0.1) is 5.82 Å². The number of thiophene rings is 1. The van der Waals surface area contributed by atoms with Crippen molar-refractivity contribution in [2.75, 3.05) is 24.5 Å². The van der Waals surface area contributed by atoms with Crippen LogP contribution in [-0.2, 0) is 17.8 Å². The summed E-state index contributed by atoms with van der Waals surface area (Å²) >= 11 is 7.79. The van der Waals surface area contributed by atoms with Crippen molar-refractivity contribution in [3.63, 3.8) is 0 Å². The summed E-state index contributed by atoms with van der Waals surface area (Å²) < 4.78 is 21.1. The van der Waals surface area contributed by atoms with Gasteiger partial charge >= 0.3 is 6.09 Å². The number of fused-ring (bicyclic) bond motifs is 2. The fourth-order valence-electron chi connectivity index (χ4n) is 5.12. The van der Waals surface area contributed by atoms with Crippen molar-refractivity contribution >= 4 is 44.9 Å². The fraction of sp³-hybridized carbons (Fsp3) is 0.462. The number of nitrogens with zero attached hydrogens (tertiary/aromatic N) is 3. The lowest BCUT2D eigenvalue weighted by Crippen LogP contribution is -2.43. The molecule has 5 rings (SSSR count). The van der Waals surface area contributed by atoms with Gasteiger partial charge in [-0.05, 0) is 63.8 Å². The van der Waals surface area contributed by atoms with Crippen LogP contribution in [0.3, 0.4) is 0 Å². The van der Waals surface area contributed by atoms with Gasteiger partial charge in [-0.15, -0.1) is 11.3 Å². The molecule has 0 spiro atoms. The molecule has 186 valence electrons. The van der Waals surface area contributed by atoms with E-state index in [1.807, 2.05) is 39.0 Å². The smallest absolute Gasteiger partial charge is 0.410 e. The summed E-state index contributed by atoms with van der Waals surface area (Å²) in [6, 6.07) is 5.98. The molecule has 0 saturated carbocycles. The maximum Gasteiger partial charge on any atom is 0.410 e. The summed E-state index contributed by atoms with van der Waals surface area (Å²) in [5.41, 5.74) is 3.76. The molecule has 35 heavy (non-hydrogen) atoms. The minimum absolute atomic E-state index is 0.145. The quantitative estimate of drug-likeness (QED) is 0.461. The normalized spacial score (nSPS) is 18.3. The van der Waals surface area contributed by atoms with Crippen LogP contribution < -0.4 is 4.90 Å². The molecule has 1 fully saturated rings. The second kappa shape index (κ2) is 9.22. The summed E-state index contributed by atoms with van der Waals surface area (Å²) in [7, 11) is 0. The van der Waals surface area contributed by atoms with Gasteiger partial charge in [0.2, 0.25) is 0 Å². The van der Waals surface area contributed by atoms with Crippen molar-refractivity contribution in [1.29, 1.82) is 0 Å².